The van der Waals surface area contributed by atoms with E-state index < -0.39 is 22.1 Å². The molecule has 0 saturated heterocycles. The Kier molecular flexibility index (Phi) is 8.25. The third-order valence-corrected chi connectivity index (χ3v) is 8.08. The number of rotatable bonds is 9. The third kappa shape index (κ3) is 6.86. The third-order valence-electron chi connectivity index (χ3n) is 6.72. The van der Waals surface area contributed by atoms with Gasteiger partial charge in [0, 0.05) is 24.2 Å². The Hall–Kier alpha value is -4.38. The van der Waals surface area contributed by atoms with Gasteiger partial charge in [-0.25, -0.2) is 13.2 Å². The molecule has 4 bridgehead atoms. The first-order chi connectivity index (χ1) is 19.7. The van der Waals surface area contributed by atoms with Crippen LogP contribution in [0.15, 0.2) is 95.9 Å². The average molecular weight is 575 g/mol. The quantitative estimate of drug-likeness (QED) is 0.223. The van der Waals surface area contributed by atoms with Crippen molar-refractivity contribution in [1.82, 2.24) is 5.32 Å². The Bertz CT molecular complexity index is 1640. The second-order valence-electron chi connectivity index (χ2n) is 9.83. The molecule has 4 N–H and O–H groups in total. The van der Waals surface area contributed by atoms with Crippen LogP contribution < -0.4 is 19.5 Å². The van der Waals surface area contributed by atoms with Gasteiger partial charge in [-0.05, 0) is 66.1 Å². The minimum atomic E-state index is -3.85. The van der Waals surface area contributed by atoms with Crippen molar-refractivity contribution < 1.29 is 32.9 Å². The number of aliphatic hydroxyl groups is 1. The predicted octanol–water partition coefficient (Wildman–Crippen LogP) is 4.84. The molecular formula is C31H30N2O7S. The fourth-order valence-corrected chi connectivity index (χ4v) is 5.58. The number of fused-ring (bicyclic) bond motifs is 4. The number of carbonyl (C=O) groups is 1. The number of aromatic carboxylic acids is 1. The lowest BCUT2D eigenvalue weighted by Gasteiger charge is -2.22. The van der Waals surface area contributed by atoms with Gasteiger partial charge in [0.2, 0.25) is 0 Å². The molecule has 0 spiro atoms. The van der Waals surface area contributed by atoms with E-state index in [4.69, 9.17) is 14.6 Å². The molecule has 5 rings (SSSR count). The monoisotopic (exact) mass is 574 g/mol. The first-order valence-electron chi connectivity index (χ1n) is 13.0. The van der Waals surface area contributed by atoms with Gasteiger partial charge >= 0.3 is 5.97 Å². The molecule has 0 radical (unpaired) electrons. The van der Waals surface area contributed by atoms with Crippen molar-refractivity contribution >= 4 is 21.7 Å². The number of hydrogen-bond acceptors (Lipinski definition) is 7. The summed E-state index contributed by atoms with van der Waals surface area (Å²) < 4.78 is 40.3. The number of nitrogens with one attached hydrogen (secondary N) is 2. The van der Waals surface area contributed by atoms with Crippen LogP contribution in [-0.4, -0.2) is 43.8 Å². The SMILES string of the molecule is CC(COc1ccc(-c2ccc(C(=O)O)cc2)cc1)NCC(O)c1ccc2cc1NS(=O)(=O)c1cccc(c1)CO2. The summed E-state index contributed by atoms with van der Waals surface area (Å²) in [5.74, 6) is 0.196. The van der Waals surface area contributed by atoms with E-state index in [-0.39, 0.29) is 35.3 Å². The molecule has 1 aliphatic heterocycles. The van der Waals surface area contributed by atoms with Crippen LogP contribution in [0.5, 0.6) is 11.5 Å². The fourth-order valence-electron chi connectivity index (χ4n) is 4.43. The zero-order chi connectivity index (χ0) is 29.0. The van der Waals surface area contributed by atoms with Gasteiger partial charge in [0.25, 0.3) is 10.0 Å². The topological polar surface area (TPSA) is 134 Å². The summed E-state index contributed by atoms with van der Waals surface area (Å²) in [5, 5.41) is 23.2. The molecule has 9 nitrogen and oxygen atoms in total. The molecule has 0 fully saturated rings. The van der Waals surface area contributed by atoms with E-state index >= 15 is 0 Å². The van der Waals surface area contributed by atoms with Gasteiger partial charge in [-0.1, -0.05) is 42.5 Å². The summed E-state index contributed by atoms with van der Waals surface area (Å²) >= 11 is 0. The van der Waals surface area contributed by atoms with Crippen LogP contribution >= 0.6 is 0 Å². The van der Waals surface area contributed by atoms with E-state index in [1.807, 2.05) is 31.2 Å². The van der Waals surface area contributed by atoms with Gasteiger partial charge in [-0.15, -0.1) is 0 Å². The predicted molar refractivity (Wildman–Crippen MR) is 155 cm³/mol. The molecule has 0 amide bonds. The van der Waals surface area contributed by atoms with E-state index in [1.165, 1.54) is 6.07 Å². The van der Waals surface area contributed by atoms with Crippen LogP contribution in [0.2, 0.25) is 0 Å². The average Bonchev–Trinajstić information content (AvgIpc) is 2.98. The fraction of sp³-hybridized carbons (Fsp3) is 0.194. The minimum Gasteiger partial charge on any atom is -0.492 e. The number of carboxylic acid groups (broad SMARTS) is 1. The lowest BCUT2D eigenvalue weighted by Crippen LogP contribution is -2.35. The molecule has 1 aliphatic rings. The van der Waals surface area contributed by atoms with Crippen molar-refractivity contribution in [3.63, 3.8) is 0 Å². The van der Waals surface area contributed by atoms with Gasteiger partial charge in [0.05, 0.1) is 22.3 Å². The van der Waals surface area contributed by atoms with Crippen molar-refractivity contribution in [3.8, 4) is 22.6 Å². The maximum Gasteiger partial charge on any atom is 0.335 e. The molecule has 0 saturated carbocycles. The van der Waals surface area contributed by atoms with Gasteiger partial charge in [0.1, 0.15) is 24.7 Å². The summed E-state index contributed by atoms with van der Waals surface area (Å²) in [7, 11) is -3.85. The largest absolute Gasteiger partial charge is 0.492 e. The zero-order valence-corrected chi connectivity index (χ0v) is 23.1. The Labute approximate surface area is 238 Å². The number of anilines is 1. The molecule has 212 valence electrons. The second kappa shape index (κ2) is 12.0. The first kappa shape index (κ1) is 28.2. The summed E-state index contributed by atoms with van der Waals surface area (Å²) in [6.45, 7) is 2.65. The van der Waals surface area contributed by atoms with Crippen LogP contribution in [-0.2, 0) is 16.6 Å². The van der Waals surface area contributed by atoms with Gasteiger partial charge < -0.3 is 25.0 Å². The molecule has 41 heavy (non-hydrogen) atoms. The zero-order valence-electron chi connectivity index (χ0n) is 22.3. The van der Waals surface area contributed by atoms with E-state index in [2.05, 4.69) is 10.0 Å². The van der Waals surface area contributed by atoms with Crippen molar-refractivity contribution in [2.24, 2.45) is 0 Å². The van der Waals surface area contributed by atoms with E-state index in [0.717, 1.165) is 16.7 Å². The Morgan fingerprint density at radius 2 is 1.71 bits per heavy atom. The number of hydrogen-bond donors (Lipinski definition) is 4. The van der Waals surface area contributed by atoms with E-state index in [0.29, 0.717) is 23.7 Å². The van der Waals surface area contributed by atoms with E-state index in [9.17, 15) is 18.3 Å². The molecular weight excluding hydrogens is 544 g/mol. The normalized spacial score (nSPS) is 15.1. The minimum absolute atomic E-state index is 0.121. The molecule has 0 aliphatic carbocycles. The molecule has 10 heteroatoms. The number of sulfonamides is 1. The smallest absolute Gasteiger partial charge is 0.335 e. The highest BCUT2D eigenvalue weighted by atomic mass is 32.2. The first-order valence-corrected chi connectivity index (χ1v) is 14.5. The summed E-state index contributed by atoms with van der Waals surface area (Å²) in [5.41, 5.74) is 3.49. The maximum atomic E-state index is 13.0. The summed E-state index contributed by atoms with van der Waals surface area (Å²) in [6.07, 6.45) is -0.995. The van der Waals surface area contributed by atoms with Crippen molar-refractivity contribution in [2.75, 3.05) is 17.9 Å². The summed E-state index contributed by atoms with van der Waals surface area (Å²) in [4.78, 5) is 11.2. The molecule has 4 aromatic carbocycles. The number of ether oxygens (including phenoxy) is 2. The van der Waals surface area contributed by atoms with Gasteiger partial charge in [-0.2, -0.15) is 0 Å². The Morgan fingerprint density at radius 1 is 1.00 bits per heavy atom. The van der Waals surface area contributed by atoms with Crippen molar-refractivity contribution in [2.45, 2.75) is 30.6 Å². The van der Waals surface area contributed by atoms with Crippen molar-refractivity contribution in [3.05, 3.63) is 108 Å². The van der Waals surface area contributed by atoms with Crippen LogP contribution in [0.25, 0.3) is 11.1 Å². The van der Waals surface area contributed by atoms with Crippen molar-refractivity contribution in [1.29, 1.82) is 0 Å². The standard InChI is InChI=1S/C31H30N2O7S/c1-20(18-39-25-11-9-23(10-12-25)22-5-7-24(8-6-22)31(35)36)32-17-30(34)28-14-13-26-16-29(28)33-41(37,38)27-4-2-3-21(15-27)19-40-26/h2-16,20,30,32-34H,17-19H2,1H3,(H,35,36). The number of aliphatic hydroxyl groups excluding tert-OH is 1. The highest BCUT2D eigenvalue weighted by Gasteiger charge is 2.22. The highest BCUT2D eigenvalue weighted by Crippen LogP contribution is 2.31. The maximum absolute atomic E-state index is 13.0. The van der Waals surface area contributed by atoms with Crippen LogP contribution in [0.3, 0.4) is 0 Å². The number of carboxylic acids is 1. The molecule has 1 heterocycles. The van der Waals surface area contributed by atoms with Crippen LogP contribution in [0, 0.1) is 0 Å². The number of benzene rings is 4. The Balaban J connectivity index is 1.17. The lowest BCUT2D eigenvalue weighted by molar-refractivity contribution is 0.0697. The molecule has 4 aromatic rings. The van der Waals surface area contributed by atoms with Gasteiger partial charge in [0.15, 0.2) is 0 Å². The highest BCUT2D eigenvalue weighted by molar-refractivity contribution is 7.92. The molecule has 2 unspecified atom stereocenters. The second-order valence-corrected chi connectivity index (χ2v) is 11.5. The Morgan fingerprint density at radius 3 is 2.41 bits per heavy atom. The lowest BCUT2D eigenvalue weighted by atomic mass is 10.0. The van der Waals surface area contributed by atoms with Gasteiger partial charge in [-0.3, -0.25) is 4.72 Å². The van der Waals surface area contributed by atoms with E-state index in [1.54, 1.807) is 60.7 Å². The molecule has 0 aromatic heterocycles. The summed E-state index contributed by atoms with van der Waals surface area (Å²) in [6, 6.07) is 25.5. The van der Waals surface area contributed by atoms with Crippen LogP contribution in [0.1, 0.15) is 34.5 Å². The molecule has 2 atom stereocenters. The van der Waals surface area contributed by atoms with Crippen LogP contribution in [0.4, 0.5) is 5.69 Å².